The van der Waals surface area contributed by atoms with E-state index in [9.17, 15) is 9.59 Å². The number of carbonyl (C=O) groups is 2. The Kier molecular flexibility index (Phi) is 9.50. The maximum absolute atomic E-state index is 13.3. The second-order valence-electron chi connectivity index (χ2n) is 9.59. The molecule has 2 atom stereocenters. The van der Waals surface area contributed by atoms with E-state index in [0.717, 1.165) is 22.0 Å². The van der Waals surface area contributed by atoms with Crippen molar-refractivity contribution in [3.05, 3.63) is 69.7 Å². The lowest BCUT2D eigenvalue weighted by molar-refractivity contribution is -0.140. The van der Waals surface area contributed by atoms with E-state index in [1.165, 1.54) is 5.56 Å². The van der Waals surface area contributed by atoms with E-state index in [1.807, 2.05) is 45.0 Å². The minimum absolute atomic E-state index is 0.0142. The first-order valence-electron chi connectivity index (χ1n) is 11.4. The number of amides is 2. The topological polar surface area (TPSA) is 49.4 Å². The Bertz CT molecular complexity index is 885. The molecule has 2 rings (SSSR count). The highest BCUT2D eigenvalue weighted by Gasteiger charge is 2.26. The van der Waals surface area contributed by atoms with Gasteiger partial charge < -0.3 is 10.2 Å². The summed E-state index contributed by atoms with van der Waals surface area (Å²) >= 11 is 3.45. The first kappa shape index (κ1) is 26.1. The molecule has 2 aromatic carbocycles. The molecule has 1 N–H and O–H groups in total. The van der Waals surface area contributed by atoms with Gasteiger partial charge in [-0.2, -0.15) is 0 Å². The van der Waals surface area contributed by atoms with Crippen LogP contribution in [0.15, 0.2) is 53.0 Å². The molecule has 0 aliphatic rings. The zero-order valence-corrected chi connectivity index (χ0v) is 21.8. The number of benzene rings is 2. The summed E-state index contributed by atoms with van der Waals surface area (Å²) in [5.74, 6) is -0.126. The van der Waals surface area contributed by atoms with Crippen LogP contribution in [0.25, 0.3) is 0 Å². The van der Waals surface area contributed by atoms with E-state index in [2.05, 4.69) is 66.3 Å². The van der Waals surface area contributed by atoms with E-state index in [-0.39, 0.29) is 23.3 Å². The van der Waals surface area contributed by atoms with Crippen molar-refractivity contribution in [2.24, 2.45) is 0 Å². The molecule has 0 heterocycles. The van der Waals surface area contributed by atoms with Gasteiger partial charge in [0.15, 0.2) is 0 Å². The molecule has 0 spiro atoms. The lowest BCUT2D eigenvalue weighted by atomic mass is 9.86. The maximum atomic E-state index is 13.3. The monoisotopic (exact) mass is 500 g/mol. The molecule has 0 bridgehead atoms. The van der Waals surface area contributed by atoms with Gasteiger partial charge in [0, 0.05) is 23.5 Å². The third kappa shape index (κ3) is 7.77. The predicted octanol–water partition coefficient (Wildman–Crippen LogP) is 6.01. The Morgan fingerprint density at radius 3 is 2.06 bits per heavy atom. The number of halogens is 1. The Morgan fingerprint density at radius 1 is 0.969 bits per heavy atom. The smallest absolute Gasteiger partial charge is 0.242 e. The molecule has 2 aromatic rings. The number of hydrogen-bond donors (Lipinski definition) is 1. The number of nitrogens with zero attached hydrogens (tertiary/aromatic N) is 1. The van der Waals surface area contributed by atoms with Gasteiger partial charge in [-0.25, -0.2) is 0 Å². The van der Waals surface area contributed by atoms with Gasteiger partial charge >= 0.3 is 0 Å². The molecule has 174 valence electrons. The van der Waals surface area contributed by atoms with Gasteiger partial charge in [0.05, 0.1) is 0 Å². The Labute approximate surface area is 201 Å². The summed E-state index contributed by atoms with van der Waals surface area (Å²) in [6, 6.07) is 15.9. The van der Waals surface area contributed by atoms with E-state index in [0.29, 0.717) is 19.4 Å². The minimum atomic E-state index is -0.539. The first-order chi connectivity index (χ1) is 15.0. The molecule has 4 nitrogen and oxygen atoms in total. The van der Waals surface area contributed by atoms with Gasteiger partial charge in [-0.3, -0.25) is 9.59 Å². The van der Waals surface area contributed by atoms with E-state index in [4.69, 9.17) is 0 Å². The second-order valence-corrected chi connectivity index (χ2v) is 10.5. The van der Waals surface area contributed by atoms with E-state index in [1.54, 1.807) is 4.90 Å². The van der Waals surface area contributed by atoms with Crippen molar-refractivity contribution >= 4 is 27.7 Å². The minimum Gasteiger partial charge on any atom is -0.352 e. The Morgan fingerprint density at radius 2 is 1.53 bits per heavy atom. The molecule has 0 saturated carbocycles. The molecule has 0 aliphatic heterocycles. The van der Waals surface area contributed by atoms with E-state index < -0.39 is 6.04 Å². The van der Waals surface area contributed by atoms with Crippen molar-refractivity contribution < 1.29 is 9.59 Å². The highest BCUT2D eigenvalue weighted by molar-refractivity contribution is 9.10. The number of hydrogen-bond acceptors (Lipinski definition) is 2. The van der Waals surface area contributed by atoms with Crippen molar-refractivity contribution in [3.63, 3.8) is 0 Å². The third-order valence-electron chi connectivity index (χ3n) is 5.88. The maximum Gasteiger partial charge on any atom is 0.242 e. The summed E-state index contributed by atoms with van der Waals surface area (Å²) < 4.78 is 0.986. The summed E-state index contributed by atoms with van der Waals surface area (Å²) in [6.07, 6.45) is 1.87. The SMILES string of the molecule is CC[C@H](C)NC(=O)[C@@H](C)N(Cc1ccc(Br)cc1)C(=O)CCc1ccc(C(C)(C)C)cc1. The molecule has 0 radical (unpaired) electrons. The van der Waals surface area contributed by atoms with Gasteiger partial charge in [-0.1, -0.05) is 80.0 Å². The molecule has 0 unspecified atom stereocenters. The van der Waals surface area contributed by atoms with Crippen molar-refractivity contribution in [2.75, 3.05) is 0 Å². The first-order valence-corrected chi connectivity index (χ1v) is 12.2. The average molecular weight is 502 g/mol. The van der Waals surface area contributed by atoms with Crippen LogP contribution >= 0.6 is 15.9 Å². The quantitative estimate of drug-likeness (QED) is 0.458. The van der Waals surface area contributed by atoms with Crippen LogP contribution in [0.5, 0.6) is 0 Å². The zero-order chi connectivity index (χ0) is 23.9. The molecular weight excluding hydrogens is 464 g/mol. The summed E-state index contributed by atoms with van der Waals surface area (Å²) in [6.45, 7) is 12.8. The van der Waals surface area contributed by atoms with Gasteiger partial charge in [-0.15, -0.1) is 0 Å². The van der Waals surface area contributed by atoms with Gasteiger partial charge in [0.2, 0.25) is 11.8 Å². The largest absolute Gasteiger partial charge is 0.352 e. The molecule has 0 saturated heterocycles. The van der Waals surface area contributed by atoms with Crippen LogP contribution in [-0.4, -0.2) is 28.8 Å². The third-order valence-corrected chi connectivity index (χ3v) is 6.41. The standard InChI is InChI=1S/C27H37BrN2O2/c1-7-19(2)29-26(32)20(3)30(18-22-10-15-24(28)16-11-22)25(31)17-12-21-8-13-23(14-9-21)27(4,5)6/h8-11,13-16,19-20H,7,12,17-18H2,1-6H3,(H,29,32)/t19-,20+/m0/s1. The second kappa shape index (κ2) is 11.6. The average Bonchev–Trinajstić information content (AvgIpc) is 2.76. The Hall–Kier alpha value is -2.14. The summed E-state index contributed by atoms with van der Waals surface area (Å²) in [5, 5.41) is 3.01. The van der Waals surface area contributed by atoms with Crippen molar-refractivity contribution in [2.45, 2.75) is 84.8 Å². The van der Waals surface area contributed by atoms with Gasteiger partial charge in [-0.05, 0) is 60.9 Å². The highest BCUT2D eigenvalue weighted by Crippen LogP contribution is 2.23. The van der Waals surface area contributed by atoms with Crippen LogP contribution in [0.2, 0.25) is 0 Å². The van der Waals surface area contributed by atoms with Gasteiger partial charge in [0.1, 0.15) is 6.04 Å². The fraction of sp³-hybridized carbons (Fsp3) is 0.481. The van der Waals surface area contributed by atoms with Crippen molar-refractivity contribution in [1.29, 1.82) is 0 Å². The molecule has 5 heteroatoms. The number of aryl methyl sites for hydroxylation is 1. The highest BCUT2D eigenvalue weighted by atomic mass is 79.9. The fourth-order valence-electron chi connectivity index (χ4n) is 3.40. The van der Waals surface area contributed by atoms with E-state index >= 15 is 0 Å². The normalized spacial score (nSPS) is 13.3. The van der Waals surface area contributed by atoms with Gasteiger partial charge in [0.25, 0.3) is 0 Å². The molecule has 2 amide bonds. The predicted molar refractivity (Wildman–Crippen MR) is 136 cm³/mol. The van der Waals surface area contributed by atoms with Crippen LogP contribution in [-0.2, 0) is 28.0 Å². The van der Waals surface area contributed by atoms with Crippen LogP contribution in [0.4, 0.5) is 0 Å². The summed E-state index contributed by atoms with van der Waals surface area (Å²) in [5.41, 5.74) is 3.51. The fourth-order valence-corrected chi connectivity index (χ4v) is 3.67. The molecule has 0 aliphatic carbocycles. The van der Waals surface area contributed by atoms with Crippen molar-refractivity contribution in [3.8, 4) is 0 Å². The molecular formula is C27H37BrN2O2. The van der Waals surface area contributed by atoms with Crippen LogP contribution in [0.3, 0.4) is 0 Å². The number of nitrogens with one attached hydrogen (secondary N) is 1. The summed E-state index contributed by atoms with van der Waals surface area (Å²) in [7, 11) is 0. The van der Waals surface area contributed by atoms with Crippen LogP contribution < -0.4 is 5.32 Å². The lowest BCUT2D eigenvalue weighted by Gasteiger charge is -2.30. The van der Waals surface area contributed by atoms with Crippen LogP contribution in [0, 0.1) is 0 Å². The summed E-state index contributed by atoms with van der Waals surface area (Å²) in [4.78, 5) is 27.7. The zero-order valence-electron chi connectivity index (χ0n) is 20.2. The number of carbonyl (C=O) groups excluding carboxylic acids is 2. The van der Waals surface area contributed by atoms with Crippen molar-refractivity contribution in [1.82, 2.24) is 10.2 Å². The molecule has 32 heavy (non-hydrogen) atoms. The lowest BCUT2D eigenvalue weighted by Crippen LogP contribution is -2.49. The number of rotatable bonds is 9. The molecule has 0 aromatic heterocycles. The van der Waals surface area contributed by atoms with Crippen LogP contribution in [0.1, 0.15) is 71.1 Å². The molecule has 0 fully saturated rings. The Balaban J connectivity index is 2.13.